The van der Waals surface area contributed by atoms with Gasteiger partial charge in [0.15, 0.2) is 0 Å². The van der Waals surface area contributed by atoms with E-state index in [0.29, 0.717) is 45.3 Å². The monoisotopic (exact) mass is 444 g/mol. The van der Waals surface area contributed by atoms with Gasteiger partial charge >= 0.3 is 0 Å². The molecule has 1 aromatic rings. The Bertz CT molecular complexity index is 792. The fourth-order valence-electron chi connectivity index (χ4n) is 6.19. The number of nitrogens with one attached hydrogen (secondary N) is 2. The van der Waals surface area contributed by atoms with E-state index in [9.17, 15) is 14.7 Å². The summed E-state index contributed by atoms with van der Waals surface area (Å²) in [6, 6.07) is 9.79. The van der Waals surface area contributed by atoms with Gasteiger partial charge in [-0.2, -0.15) is 0 Å². The maximum Gasteiger partial charge on any atom is 0.224 e. The van der Waals surface area contributed by atoms with Gasteiger partial charge in [-0.1, -0.05) is 44.2 Å². The largest absolute Gasteiger partial charge is 0.390 e. The quantitative estimate of drug-likeness (QED) is 0.511. The minimum absolute atomic E-state index is 0.00147. The molecular weight excluding hydrogens is 404 g/mol. The van der Waals surface area contributed by atoms with Crippen LogP contribution in [0.4, 0.5) is 0 Å². The van der Waals surface area contributed by atoms with Crippen LogP contribution in [0.2, 0.25) is 0 Å². The van der Waals surface area contributed by atoms with E-state index < -0.39 is 5.60 Å². The molecule has 2 fully saturated rings. The number of aliphatic hydroxyl groups is 1. The van der Waals surface area contributed by atoms with E-state index in [1.165, 1.54) is 0 Å². The number of ether oxygens (including phenoxy) is 1. The molecule has 2 amide bonds. The number of rotatable bonds is 9. The summed E-state index contributed by atoms with van der Waals surface area (Å²) < 4.78 is 5.02. The predicted molar refractivity (Wildman–Crippen MR) is 125 cm³/mol. The summed E-state index contributed by atoms with van der Waals surface area (Å²) in [6.07, 6.45) is 4.56. The van der Waals surface area contributed by atoms with E-state index in [4.69, 9.17) is 4.74 Å². The second-order valence-electron chi connectivity index (χ2n) is 10.8. The Labute approximate surface area is 192 Å². The maximum absolute atomic E-state index is 13.0. The van der Waals surface area contributed by atoms with Crippen LogP contribution in [0.25, 0.3) is 0 Å². The van der Waals surface area contributed by atoms with E-state index in [1.807, 2.05) is 37.3 Å². The van der Waals surface area contributed by atoms with Crippen molar-refractivity contribution in [1.82, 2.24) is 10.6 Å². The lowest BCUT2D eigenvalue weighted by Gasteiger charge is -2.50. The predicted octanol–water partition coefficient (Wildman–Crippen LogP) is 3.22. The summed E-state index contributed by atoms with van der Waals surface area (Å²) in [5.74, 6) is 0.290. The summed E-state index contributed by atoms with van der Waals surface area (Å²) in [5, 5.41) is 17.1. The number of carbonyl (C=O) groups excluding carboxylic acids is 2. The van der Waals surface area contributed by atoms with Crippen molar-refractivity contribution in [2.45, 2.75) is 77.4 Å². The SMILES string of the molecule is COCCNC(=O)CCC12CCC(C)(O)CC1C(C)(C)CC2NC(=O)Cc1ccccc1. The molecule has 3 rings (SSSR count). The molecule has 2 saturated carbocycles. The Balaban J connectivity index is 1.77. The van der Waals surface area contributed by atoms with Gasteiger partial charge < -0.3 is 20.5 Å². The number of hydrogen-bond donors (Lipinski definition) is 3. The van der Waals surface area contributed by atoms with Crippen molar-refractivity contribution in [3.8, 4) is 0 Å². The highest BCUT2D eigenvalue weighted by Crippen LogP contribution is 2.63. The molecule has 0 saturated heterocycles. The molecular formula is C26H40N2O4. The van der Waals surface area contributed by atoms with E-state index >= 15 is 0 Å². The number of fused-ring (bicyclic) bond motifs is 1. The third-order valence-electron chi connectivity index (χ3n) is 7.82. The van der Waals surface area contributed by atoms with Gasteiger partial charge in [-0.25, -0.2) is 0 Å². The Morgan fingerprint density at radius 3 is 2.50 bits per heavy atom. The Morgan fingerprint density at radius 1 is 1.09 bits per heavy atom. The van der Waals surface area contributed by atoms with Crippen molar-refractivity contribution in [3.63, 3.8) is 0 Å². The molecule has 0 heterocycles. The van der Waals surface area contributed by atoms with E-state index in [2.05, 4.69) is 24.5 Å². The number of carbonyl (C=O) groups is 2. The van der Waals surface area contributed by atoms with Crippen LogP contribution >= 0.6 is 0 Å². The first-order valence-electron chi connectivity index (χ1n) is 11.9. The summed E-state index contributed by atoms with van der Waals surface area (Å²) in [4.78, 5) is 25.5. The molecule has 1 aromatic carbocycles. The molecule has 0 bridgehead atoms. The van der Waals surface area contributed by atoms with Gasteiger partial charge in [0.25, 0.3) is 0 Å². The summed E-state index contributed by atoms with van der Waals surface area (Å²) in [6.45, 7) is 7.41. The molecule has 32 heavy (non-hydrogen) atoms. The van der Waals surface area contributed by atoms with Crippen molar-refractivity contribution in [1.29, 1.82) is 0 Å². The standard InChI is InChI=1S/C26H40N2O4/c1-24(2)18-21(28-23(30)16-19-8-6-5-7-9-19)26(11-10-22(29)27-14-15-32-4)13-12-25(3,31)17-20(24)26/h5-9,20-21,31H,10-18H2,1-4H3,(H,27,29)(H,28,30). The Hall–Kier alpha value is -1.92. The van der Waals surface area contributed by atoms with Gasteiger partial charge in [0.05, 0.1) is 18.6 Å². The Morgan fingerprint density at radius 2 is 1.81 bits per heavy atom. The first-order valence-corrected chi connectivity index (χ1v) is 11.9. The molecule has 0 radical (unpaired) electrons. The third-order valence-corrected chi connectivity index (χ3v) is 7.82. The number of amides is 2. The summed E-state index contributed by atoms with van der Waals surface area (Å²) >= 11 is 0. The molecule has 2 aliphatic carbocycles. The van der Waals surface area contributed by atoms with Crippen LogP contribution in [0.1, 0.15) is 64.9 Å². The van der Waals surface area contributed by atoms with Crippen LogP contribution in [0.3, 0.4) is 0 Å². The maximum atomic E-state index is 13.0. The van der Waals surface area contributed by atoms with Gasteiger partial charge in [0, 0.05) is 26.1 Å². The zero-order valence-electron chi connectivity index (χ0n) is 20.1. The smallest absolute Gasteiger partial charge is 0.224 e. The van der Waals surface area contributed by atoms with Crippen LogP contribution in [0.5, 0.6) is 0 Å². The van der Waals surface area contributed by atoms with E-state index in [0.717, 1.165) is 18.4 Å². The zero-order chi connectivity index (χ0) is 23.4. The second kappa shape index (κ2) is 9.92. The average molecular weight is 445 g/mol. The van der Waals surface area contributed by atoms with Gasteiger partial charge in [0.2, 0.25) is 11.8 Å². The highest BCUT2D eigenvalue weighted by atomic mass is 16.5. The summed E-state index contributed by atoms with van der Waals surface area (Å²) in [5.41, 5.74) is 0.0879. The molecule has 6 nitrogen and oxygen atoms in total. The summed E-state index contributed by atoms with van der Waals surface area (Å²) in [7, 11) is 1.62. The van der Waals surface area contributed by atoms with Gasteiger partial charge in [-0.15, -0.1) is 0 Å². The van der Waals surface area contributed by atoms with Crippen molar-refractivity contribution in [3.05, 3.63) is 35.9 Å². The highest BCUT2D eigenvalue weighted by molar-refractivity contribution is 5.79. The highest BCUT2D eigenvalue weighted by Gasteiger charge is 2.61. The molecule has 4 unspecified atom stereocenters. The van der Waals surface area contributed by atoms with Crippen LogP contribution in [-0.4, -0.2) is 48.8 Å². The second-order valence-corrected chi connectivity index (χ2v) is 10.8. The lowest BCUT2D eigenvalue weighted by atomic mass is 9.57. The molecule has 2 aliphatic rings. The van der Waals surface area contributed by atoms with Crippen LogP contribution in [-0.2, 0) is 20.7 Å². The third kappa shape index (κ3) is 5.70. The number of methoxy groups -OCH3 is 1. The minimum atomic E-state index is -0.699. The van der Waals surface area contributed by atoms with Crippen molar-refractivity contribution < 1.29 is 19.4 Å². The van der Waals surface area contributed by atoms with Crippen LogP contribution < -0.4 is 10.6 Å². The molecule has 0 spiro atoms. The fraction of sp³-hybridized carbons (Fsp3) is 0.692. The molecule has 0 aliphatic heterocycles. The first-order chi connectivity index (χ1) is 15.1. The first kappa shape index (κ1) is 24.7. The van der Waals surface area contributed by atoms with Crippen molar-refractivity contribution in [2.75, 3.05) is 20.3 Å². The van der Waals surface area contributed by atoms with Crippen LogP contribution in [0.15, 0.2) is 30.3 Å². The normalized spacial score (nSPS) is 31.0. The van der Waals surface area contributed by atoms with Crippen molar-refractivity contribution in [2.24, 2.45) is 16.7 Å². The number of hydrogen-bond acceptors (Lipinski definition) is 4. The fourth-order valence-corrected chi connectivity index (χ4v) is 6.19. The number of benzene rings is 1. The molecule has 0 aromatic heterocycles. The lowest BCUT2D eigenvalue weighted by Crippen LogP contribution is -2.53. The molecule has 178 valence electrons. The van der Waals surface area contributed by atoms with Gasteiger partial charge in [0.1, 0.15) is 0 Å². The topological polar surface area (TPSA) is 87.7 Å². The van der Waals surface area contributed by atoms with E-state index in [1.54, 1.807) is 7.11 Å². The van der Waals surface area contributed by atoms with Crippen LogP contribution in [0, 0.1) is 16.7 Å². The molecule has 3 N–H and O–H groups in total. The zero-order valence-corrected chi connectivity index (χ0v) is 20.1. The van der Waals surface area contributed by atoms with Gasteiger partial charge in [-0.3, -0.25) is 9.59 Å². The Kier molecular flexibility index (Phi) is 7.66. The minimum Gasteiger partial charge on any atom is -0.390 e. The van der Waals surface area contributed by atoms with Gasteiger partial charge in [-0.05, 0) is 61.3 Å². The average Bonchev–Trinajstić information content (AvgIpc) is 2.93. The molecule has 4 atom stereocenters. The van der Waals surface area contributed by atoms with E-state index in [-0.39, 0.29) is 34.6 Å². The van der Waals surface area contributed by atoms with Crippen molar-refractivity contribution >= 4 is 11.8 Å². The lowest BCUT2D eigenvalue weighted by molar-refractivity contribution is -0.125. The molecule has 6 heteroatoms.